The van der Waals surface area contributed by atoms with E-state index in [1.54, 1.807) is 24.3 Å². The highest BCUT2D eigenvalue weighted by molar-refractivity contribution is 5.87. The van der Waals surface area contributed by atoms with Crippen LogP contribution in [0.15, 0.2) is 34.5 Å². The minimum atomic E-state index is -0.899. The van der Waals surface area contributed by atoms with Gasteiger partial charge in [0.1, 0.15) is 0 Å². The highest BCUT2D eigenvalue weighted by atomic mass is 16.4. The average molecular weight is 190 g/mol. The Balaban J connectivity index is 2.21. The molecule has 1 unspecified atom stereocenters. The number of hydrogen-bond acceptors (Lipinski definition) is 3. The third-order valence-electron chi connectivity index (χ3n) is 2.27. The molecule has 1 aromatic carbocycles. The first-order valence-corrected chi connectivity index (χ1v) is 4.47. The van der Waals surface area contributed by atoms with Crippen molar-refractivity contribution in [3.05, 3.63) is 35.4 Å². The maximum atomic E-state index is 10.6. The summed E-state index contributed by atoms with van der Waals surface area (Å²) >= 11 is 0. The number of hydrogen-bond donors (Lipinski definition) is 1. The lowest BCUT2D eigenvalue weighted by atomic mass is 10.0. The quantitative estimate of drug-likeness (QED) is 0.777. The van der Waals surface area contributed by atoms with Crippen LogP contribution in [0.1, 0.15) is 28.4 Å². The second kappa shape index (κ2) is 3.57. The summed E-state index contributed by atoms with van der Waals surface area (Å²) in [5, 5.41) is 16.7. The van der Waals surface area contributed by atoms with E-state index in [0.29, 0.717) is 5.56 Å². The van der Waals surface area contributed by atoms with Gasteiger partial charge in [-0.3, -0.25) is 0 Å². The fraction of sp³-hybridized carbons (Fsp3) is 0.300. The normalized spacial score (nSPS) is 19.9. The Morgan fingerprint density at radius 1 is 1.36 bits per heavy atom. The Hall–Kier alpha value is -1.71. The monoisotopic (exact) mass is 190 g/mol. The maximum Gasteiger partial charge on any atom is 0.335 e. The summed E-state index contributed by atoms with van der Waals surface area (Å²) in [5.74, 6) is -0.899. The number of azo groups is 1. The molecule has 0 saturated carbocycles. The summed E-state index contributed by atoms with van der Waals surface area (Å²) in [6.07, 6.45) is 0.923. The summed E-state index contributed by atoms with van der Waals surface area (Å²) in [5.41, 5.74) is 1.35. The van der Waals surface area contributed by atoms with Gasteiger partial charge in [-0.25, -0.2) is 4.79 Å². The van der Waals surface area contributed by atoms with Gasteiger partial charge in [-0.15, -0.1) is 0 Å². The van der Waals surface area contributed by atoms with Crippen molar-refractivity contribution in [1.29, 1.82) is 0 Å². The van der Waals surface area contributed by atoms with Crippen molar-refractivity contribution in [3.63, 3.8) is 0 Å². The second-order valence-electron chi connectivity index (χ2n) is 3.21. The van der Waals surface area contributed by atoms with E-state index in [2.05, 4.69) is 10.2 Å². The number of aromatic carboxylic acids is 1. The second-order valence-corrected chi connectivity index (χ2v) is 3.21. The fourth-order valence-electron chi connectivity index (χ4n) is 1.48. The summed E-state index contributed by atoms with van der Waals surface area (Å²) in [4.78, 5) is 10.6. The molecule has 0 aromatic heterocycles. The zero-order valence-corrected chi connectivity index (χ0v) is 7.55. The Morgan fingerprint density at radius 3 is 2.57 bits per heavy atom. The third kappa shape index (κ3) is 1.64. The maximum absolute atomic E-state index is 10.6. The number of rotatable bonds is 2. The predicted octanol–water partition coefficient (Wildman–Crippen LogP) is 2.28. The molecule has 0 spiro atoms. The van der Waals surface area contributed by atoms with Crippen molar-refractivity contribution >= 4 is 5.97 Å². The lowest BCUT2D eigenvalue weighted by Gasteiger charge is -2.04. The van der Waals surface area contributed by atoms with Crippen LogP contribution in [-0.4, -0.2) is 17.6 Å². The lowest BCUT2D eigenvalue weighted by Crippen LogP contribution is -1.97. The Kier molecular flexibility index (Phi) is 2.26. The van der Waals surface area contributed by atoms with Crippen molar-refractivity contribution in [1.82, 2.24) is 0 Å². The van der Waals surface area contributed by atoms with Gasteiger partial charge < -0.3 is 5.11 Å². The van der Waals surface area contributed by atoms with Gasteiger partial charge in [0.2, 0.25) is 0 Å². The molecule has 0 bridgehead atoms. The standard InChI is InChI=1S/C10H10N2O2/c13-10(14)8-3-1-7(2-4-8)9-5-6-11-12-9/h1-4,9H,5-6H2,(H,13,14). The van der Waals surface area contributed by atoms with Gasteiger partial charge in [0.15, 0.2) is 0 Å². The molecule has 1 atom stereocenters. The van der Waals surface area contributed by atoms with E-state index in [1.807, 2.05) is 0 Å². The minimum absolute atomic E-state index is 0.123. The summed E-state index contributed by atoms with van der Waals surface area (Å²) in [7, 11) is 0. The van der Waals surface area contributed by atoms with Crippen LogP contribution in [0.3, 0.4) is 0 Å². The van der Waals surface area contributed by atoms with Crippen molar-refractivity contribution in [2.45, 2.75) is 12.5 Å². The molecule has 2 rings (SSSR count). The first kappa shape index (κ1) is 8.87. The van der Waals surface area contributed by atoms with Gasteiger partial charge in [-0.1, -0.05) is 12.1 Å². The zero-order valence-electron chi connectivity index (χ0n) is 7.55. The van der Waals surface area contributed by atoms with Crippen LogP contribution in [0.4, 0.5) is 0 Å². The first-order chi connectivity index (χ1) is 6.77. The van der Waals surface area contributed by atoms with Crippen LogP contribution >= 0.6 is 0 Å². The van der Waals surface area contributed by atoms with E-state index in [9.17, 15) is 4.79 Å². The molecule has 0 saturated heterocycles. The van der Waals surface area contributed by atoms with Crippen LogP contribution in [0.2, 0.25) is 0 Å². The topological polar surface area (TPSA) is 62.0 Å². The largest absolute Gasteiger partial charge is 0.478 e. The average Bonchev–Trinajstić information content (AvgIpc) is 2.71. The molecule has 14 heavy (non-hydrogen) atoms. The van der Waals surface area contributed by atoms with Crippen LogP contribution in [-0.2, 0) is 0 Å². The van der Waals surface area contributed by atoms with Gasteiger partial charge in [-0.05, 0) is 24.1 Å². The van der Waals surface area contributed by atoms with E-state index in [-0.39, 0.29) is 6.04 Å². The molecular formula is C10H10N2O2. The van der Waals surface area contributed by atoms with E-state index >= 15 is 0 Å². The highest BCUT2D eigenvalue weighted by Crippen LogP contribution is 2.25. The predicted molar refractivity (Wildman–Crippen MR) is 50.5 cm³/mol. The molecule has 4 heteroatoms. The van der Waals surface area contributed by atoms with Gasteiger partial charge >= 0.3 is 5.97 Å². The number of carboxylic acid groups (broad SMARTS) is 1. The third-order valence-corrected chi connectivity index (χ3v) is 2.27. The number of nitrogens with zero attached hydrogens (tertiary/aromatic N) is 2. The first-order valence-electron chi connectivity index (χ1n) is 4.47. The van der Waals surface area contributed by atoms with Crippen LogP contribution in [0.25, 0.3) is 0 Å². The lowest BCUT2D eigenvalue weighted by molar-refractivity contribution is 0.0697. The van der Waals surface area contributed by atoms with Gasteiger partial charge in [-0.2, -0.15) is 10.2 Å². The van der Waals surface area contributed by atoms with Crippen molar-refractivity contribution in [3.8, 4) is 0 Å². The zero-order chi connectivity index (χ0) is 9.97. The van der Waals surface area contributed by atoms with Crippen LogP contribution in [0.5, 0.6) is 0 Å². The van der Waals surface area contributed by atoms with E-state index in [4.69, 9.17) is 5.11 Å². The van der Waals surface area contributed by atoms with E-state index in [0.717, 1.165) is 18.5 Å². The number of carbonyl (C=O) groups is 1. The molecule has 1 heterocycles. The highest BCUT2D eigenvalue weighted by Gasteiger charge is 2.14. The van der Waals surface area contributed by atoms with E-state index in [1.165, 1.54) is 0 Å². The van der Waals surface area contributed by atoms with Crippen molar-refractivity contribution < 1.29 is 9.90 Å². The van der Waals surface area contributed by atoms with Crippen LogP contribution < -0.4 is 0 Å². The number of benzene rings is 1. The van der Waals surface area contributed by atoms with Crippen LogP contribution in [0, 0.1) is 0 Å². The van der Waals surface area contributed by atoms with Gasteiger partial charge in [0.05, 0.1) is 18.2 Å². The smallest absolute Gasteiger partial charge is 0.335 e. The Labute approximate surface area is 81.3 Å². The van der Waals surface area contributed by atoms with Gasteiger partial charge in [0.25, 0.3) is 0 Å². The fourth-order valence-corrected chi connectivity index (χ4v) is 1.48. The molecule has 1 N–H and O–H groups in total. The molecule has 1 aliphatic rings. The molecule has 0 fully saturated rings. The summed E-state index contributed by atoms with van der Waals surface area (Å²) in [6.45, 7) is 0.769. The Morgan fingerprint density at radius 2 is 2.07 bits per heavy atom. The van der Waals surface area contributed by atoms with Crippen molar-refractivity contribution in [2.24, 2.45) is 10.2 Å². The SMILES string of the molecule is O=C(O)c1ccc(C2CCN=N2)cc1. The van der Waals surface area contributed by atoms with Crippen molar-refractivity contribution in [2.75, 3.05) is 6.54 Å². The number of carboxylic acids is 1. The Bertz CT molecular complexity index is 370. The van der Waals surface area contributed by atoms with Gasteiger partial charge in [0, 0.05) is 0 Å². The molecule has 1 aromatic rings. The summed E-state index contributed by atoms with van der Waals surface area (Å²) in [6, 6.07) is 6.94. The molecule has 0 aliphatic carbocycles. The molecular weight excluding hydrogens is 180 g/mol. The van der Waals surface area contributed by atoms with E-state index < -0.39 is 5.97 Å². The molecule has 0 radical (unpaired) electrons. The molecule has 4 nitrogen and oxygen atoms in total. The molecule has 1 aliphatic heterocycles. The molecule has 72 valence electrons. The minimum Gasteiger partial charge on any atom is -0.478 e. The summed E-state index contributed by atoms with van der Waals surface area (Å²) < 4.78 is 0. The molecule has 0 amide bonds.